The van der Waals surface area contributed by atoms with Crippen LogP contribution in [-0.2, 0) is 4.74 Å². The fourth-order valence-electron chi connectivity index (χ4n) is 1.66. The zero-order valence-corrected chi connectivity index (χ0v) is 12.1. The molecule has 1 heterocycles. The molecule has 5 nitrogen and oxygen atoms in total. The van der Waals surface area contributed by atoms with E-state index < -0.39 is 5.97 Å². The van der Waals surface area contributed by atoms with Gasteiger partial charge in [-0.3, -0.25) is 0 Å². The van der Waals surface area contributed by atoms with E-state index in [2.05, 4.69) is 31.1 Å². The molecule has 0 amide bonds. The Kier molecular flexibility index (Phi) is 5.60. The van der Waals surface area contributed by atoms with E-state index in [1.165, 1.54) is 6.20 Å². The molecule has 0 spiro atoms. The Balaban J connectivity index is 2.87. The van der Waals surface area contributed by atoms with Gasteiger partial charge in [0.1, 0.15) is 5.82 Å². The Hall–Kier alpha value is -1.78. The second kappa shape index (κ2) is 6.97. The van der Waals surface area contributed by atoms with Gasteiger partial charge in [-0.2, -0.15) is 0 Å². The van der Waals surface area contributed by atoms with Crippen LogP contribution in [0.4, 0.5) is 11.5 Å². The normalized spacial score (nSPS) is 13.7. The SMILES string of the molecule is CCOC(=O)c1cc(NC(C)C(C)CC)ncc1N. The highest BCUT2D eigenvalue weighted by Gasteiger charge is 2.15. The lowest BCUT2D eigenvalue weighted by atomic mass is 10.0. The van der Waals surface area contributed by atoms with Gasteiger partial charge in [0.25, 0.3) is 0 Å². The lowest BCUT2D eigenvalue weighted by molar-refractivity contribution is 0.0527. The van der Waals surface area contributed by atoms with Gasteiger partial charge in [-0.05, 0) is 25.8 Å². The molecule has 3 N–H and O–H groups in total. The van der Waals surface area contributed by atoms with Gasteiger partial charge in [-0.1, -0.05) is 20.3 Å². The van der Waals surface area contributed by atoms with E-state index in [4.69, 9.17) is 10.5 Å². The van der Waals surface area contributed by atoms with Gasteiger partial charge in [-0.25, -0.2) is 9.78 Å². The van der Waals surface area contributed by atoms with Crippen LogP contribution < -0.4 is 11.1 Å². The summed E-state index contributed by atoms with van der Waals surface area (Å²) < 4.78 is 4.96. The Morgan fingerprint density at radius 1 is 1.47 bits per heavy atom. The van der Waals surface area contributed by atoms with Gasteiger partial charge < -0.3 is 15.8 Å². The Bertz CT molecular complexity index is 435. The first-order chi connectivity index (χ1) is 8.99. The average Bonchev–Trinajstić information content (AvgIpc) is 2.40. The summed E-state index contributed by atoms with van der Waals surface area (Å²) >= 11 is 0. The minimum absolute atomic E-state index is 0.274. The molecule has 0 aliphatic heterocycles. The number of carbonyl (C=O) groups is 1. The van der Waals surface area contributed by atoms with Crippen molar-refractivity contribution in [2.45, 2.75) is 40.2 Å². The summed E-state index contributed by atoms with van der Waals surface area (Å²) in [5, 5.41) is 3.28. The molecule has 1 aromatic heterocycles. The van der Waals surface area contributed by atoms with E-state index >= 15 is 0 Å². The molecule has 0 saturated carbocycles. The molecule has 2 unspecified atom stereocenters. The van der Waals surface area contributed by atoms with E-state index in [9.17, 15) is 4.79 Å². The van der Waals surface area contributed by atoms with E-state index in [1.807, 2.05) is 0 Å². The third-order valence-electron chi connectivity index (χ3n) is 3.30. The van der Waals surface area contributed by atoms with Crippen LogP contribution in [0.1, 0.15) is 44.5 Å². The molecule has 0 fully saturated rings. The van der Waals surface area contributed by atoms with Crippen LogP contribution >= 0.6 is 0 Å². The van der Waals surface area contributed by atoms with Gasteiger partial charge in [0.05, 0.1) is 24.1 Å². The van der Waals surface area contributed by atoms with Crippen molar-refractivity contribution in [3.8, 4) is 0 Å². The lowest BCUT2D eigenvalue weighted by Crippen LogP contribution is -2.24. The molecule has 106 valence electrons. The summed E-state index contributed by atoms with van der Waals surface area (Å²) in [5.41, 5.74) is 6.44. The molecule has 0 aromatic carbocycles. The molecule has 0 aliphatic rings. The number of nitrogen functional groups attached to an aromatic ring is 1. The molecular weight excluding hydrogens is 242 g/mol. The minimum atomic E-state index is -0.415. The smallest absolute Gasteiger partial charge is 0.340 e. The van der Waals surface area contributed by atoms with Crippen molar-refractivity contribution in [2.24, 2.45) is 5.92 Å². The largest absolute Gasteiger partial charge is 0.462 e. The molecule has 0 saturated heterocycles. The molecular formula is C14H23N3O2. The number of aromatic nitrogens is 1. The van der Waals surface area contributed by atoms with E-state index in [-0.39, 0.29) is 6.04 Å². The summed E-state index contributed by atoms with van der Waals surface area (Å²) in [4.78, 5) is 15.9. The van der Waals surface area contributed by atoms with Crippen molar-refractivity contribution in [3.05, 3.63) is 17.8 Å². The second-order valence-corrected chi connectivity index (χ2v) is 4.70. The predicted octanol–water partition coefficient (Wildman–Crippen LogP) is 2.69. The predicted molar refractivity (Wildman–Crippen MR) is 77.1 cm³/mol. The number of nitrogens with one attached hydrogen (secondary N) is 1. The van der Waals surface area contributed by atoms with Crippen molar-refractivity contribution >= 4 is 17.5 Å². The topological polar surface area (TPSA) is 77.2 Å². The van der Waals surface area contributed by atoms with Crippen molar-refractivity contribution in [2.75, 3.05) is 17.7 Å². The van der Waals surface area contributed by atoms with Gasteiger partial charge in [-0.15, -0.1) is 0 Å². The van der Waals surface area contributed by atoms with E-state index in [1.54, 1.807) is 13.0 Å². The quantitative estimate of drug-likeness (QED) is 0.773. The van der Waals surface area contributed by atoms with Crippen molar-refractivity contribution < 1.29 is 9.53 Å². The highest BCUT2D eigenvalue weighted by atomic mass is 16.5. The molecule has 1 rings (SSSR count). The van der Waals surface area contributed by atoms with Gasteiger partial charge in [0.15, 0.2) is 0 Å². The molecule has 0 radical (unpaired) electrons. The van der Waals surface area contributed by atoms with Crippen LogP contribution in [0.3, 0.4) is 0 Å². The second-order valence-electron chi connectivity index (χ2n) is 4.70. The lowest BCUT2D eigenvalue weighted by Gasteiger charge is -2.20. The molecule has 5 heteroatoms. The Labute approximate surface area is 114 Å². The number of esters is 1. The summed E-state index contributed by atoms with van der Waals surface area (Å²) in [6.45, 7) is 8.49. The van der Waals surface area contributed by atoms with Crippen molar-refractivity contribution in [1.82, 2.24) is 4.98 Å². The molecule has 1 aromatic rings. The minimum Gasteiger partial charge on any atom is -0.462 e. The number of nitrogens with two attached hydrogens (primary N) is 1. The zero-order valence-electron chi connectivity index (χ0n) is 12.1. The number of rotatable bonds is 6. The van der Waals surface area contributed by atoms with Crippen LogP contribution in [0, 0.1) is 5.92 Å². The number of anilines is 2. The highest BCUT2D eigenvalue weighted by Crippen LogP contribution is 2.18. The van der Waals surface area contributed by atoms with E-state index in [0.717, 1.165) is 6.42 Å². The van der Waals surface area contributed by atoms with Crippen LogP contribution in [-0.4, -0.2) is 23.6 Å². The maximum absolute atomic E-state index is 11.7. The van der Waals surface area contributed by atoms with E-state index in [0.29, 0.717) is 29.6 Å². The first kappa shape index (κ1) is 15.3. The zero-order chi connectivity index (χ0) is 14.4. The molecule has 2 atom stereocenters. The first-order valence-corrected chi connectivity index (χ1v) is 6.68. The number of pyridine rings is 1. The Morgan fingerprint density at radius 2 is 2.16 bits per heavy atom. The number of nitrogens with zero attached hydrogens (tertiary/aromatic N) is 1. The summed E-state index contributed by atoms with van der Waals surface area (Å²) in [5.74, 6) is 0.747. The summed E-state index contributed by atoms with van der Waals surface area (Å²) in [6, 6.07) is 1.92. The Morgan fingerprint density at radius 3 is 2.74 bits per heavy atom. The number of hydrogen-bond donors (Lipinski definition) is 2. The fourth-order valence-corrected chi connectivity index (χ4v) is 1.66. The highest BCUT2D eigenvalue weighted by molar-refractivity contribution is 5.95. The summed E-state index contributed by atoms with van der Waals surface area (Å²) in [7, 11) is 0. The standard InChI is InChI=1S/C14H23N3O2/c1-5-9(3)10(4)17-13-7-11(12(15)8-16-13)14(18)19-6-2/h7-10H,5-6,15H2,1-4H3,(H,16,17). The van der Waals surface area contributed by atoms with Crippen LogP contribution in [0.15, 0.2) is 12.3 Å². The third kappa shape index (κ3) is 4.12. The monoisotopic (exact) mass is 265 g/mol. The molecule has 0 aliphatic carbocycles. The fraction of sp³-hybridized carbons (Fsp3) is 0.571. The maximum atomic E-state index is 11.7. The van der Waals surface area contributed by atoms with Crippen LogP contribution in [0.2, 0.25) is 0 Å². The number of carbonyl (C=O) groups excluding carboxylic acids is 1. The van der Waals surface area contributed by atoms with Gasteiger partial charge >= 0.3 is 5.97 Å². The van der Waals surface area contributed by atoms with Crippen molar-refractivity contribution in [3.63, 3.8) is 0 Å². The molecule has 19 heavy (non-hydrogen) atoms. The summed E-state index contributed by atoms with van der Waals surface area (Å²) in [6.07, 6.45) is 2.56. The number of hydrogen-bond acceptors (Lipinski definition) is 5. The first-order valence-electron chi connectivity index (χ1n) is 6.68. The van der Waals surface area contributed by atoms with Crippen LogP contribution in [0.25, 0.3) is 0 Å². The molecule has 0 bridgehead atoms. The van der Waals surface area contributed by atoms with Gasteiger partial charge in [0.2, 0.25) is 0 Å². The van der Waals surface area contributed by atoms with Crippen LogP contribution in [0.5, 0.6) is 0 Å². The van der Waals surface area contributed by atoms with Crippen molar-refractivity contribution in [1.29, 1.82) is 0 Å². The number of ether oxygens (including phenoxy) is 1. The average molecular weight is 265 g/mol. The maximum Gasteiger partial charge on any atom is 0.340 e. The van der Waals surface area contributed by atoms with Gasteiger partial charge in [0, 0.05) is 6.04 Å². The third-order valence-corrected chi connectivity index (χ3v) is 3.30.